The van der Waals surface area contributed by atoms with Crippen LogP contribution in [0.4, 0.5) is 5.95 Å². The molecule has 1 atom stereocenters. The van der Waals surface area contributed by atoms with Crippen LogP contribution in [0.25, 0.3) is 0 Å². The van der Waals surface area contributed by atoms with Crippen LogP contribution in [-0.4, -0.2) is 47.0 Å². The van der Waals surface area contributed by atoms with Gasteiger partial charge in [0.1, 0.15) is 5.75 Å². The number of para-hydroxylation sites is 1. The molecule has 0 saturated carbocycles. The number of benzene rings is 1. The fraction of sp³-hybridized carbons (Fsp3) is 0.353. The summed E-state index contributed by atoms with van der Waals surface area (Å²) >= 11 is 0. The molecule has 2 aromatic rings. The topological polar surface area (TPSA) is 67.4 Å². The first-order valence-corrected chi connectivity index (χ1v) is 7.63. The van der Waals surface area contributed by atoms with Crippen molar-refractivity contribution in [3.63, 3.8) is 0 Å². The molecule has 23 heavy (non-hydrogen) atoms. The Bertz CT molecular complexity index is 592. The van der Waals surface area contributed by atoms with Crippen LogP contribution in [0.15, 0.2) is 48.8 Å². The molecule has 0 aliphatic heterocycles. The van der Waals surface area contributed by atoms with Gasteiger partial charge in [0.05, 0.1) is 12.6 Å². The van der Waals surface area contributed by atoms with Crippen LogP contribution < -0.4 is 10.1 Å². The lowest BCUT2D eigenvalue weighted by atomic mass is 10.2. The molecule has 1 heterocycles. The van der Waals surface area contributed by atoms with Crippen molar-refractivity contribution in [2.75, 3.05) is 25.5 Å². The standard InChI is InChI=1S/C17H22N4O2/c1-14(16(22)20-17-18-10-6-11-19-17)21(2)12-7-13-23-15-8-4-3-5-9-15/h3-6,8-11,14H,7,12-13H2,1-2H3,(H,18,19,20,22). The normalized spacial score (nSPS) is 12.0. The van der Waals surface area contributed by atoms with Crippen molar-refractivity contribution in [2.24, 2.45) is 0 Å². The van der Waals surface area contributed by atoms with E-state index in [1.165, 1.54) is 0 Å². The van der Waals surface area contributed by atoms with Crippen molar-refractivity contribution < 1.29 is 9.53 Å². The average Bonchev–Trinajstić information content (AvgIpc) is 2.59. The molecular formula is C17H22N4O2. The smallest absolute Gasteiger partial charge is 0.243 e. The summed E-state index contributed by atoms with van der Waals surface area (Å²) < 4.78 is 5.65. The molecule has 6 heteroatoms. The maximum absolute atomic E-state index is 12.1. The van der Waals surface area contributed by atoms with E-state index in [-0.39, 0.29) is 11.9 Å². The van der Waals surface area contributed by atoms with Gasteiger partial charge in [-0.2, -0.15) is 0 Å². The summed E-state index contributed by atoms with van der Waals surface area (Å²) in [6.07, 6.45) is 4.03. The van der Waals surface area contributed by atoms with Crippen LogP contribution in [0.3, 0.4) is 0 Å². The number of rotatable bonds is 8. The SMILES string of the molecule is CC(C(=O)Nc1ncccn1)N(C)CCCOc1ccccc1. The highest BCUT2D eigenvalue weighted by molar-refractivity contribution is 5.92. The van der Waals surface area contributed by atoms with Gasteiger partial charge in [-0.05, 0) is 38.6 Å². The molecule has 0 aliphatic carbocycles. The minimum absolute atomic E-state index is 0.123. The number of hydrogen-bond donors (Lipinski definition) is 1. The van der Waals surface area contributed by atoms with Crippen molar-refractivity contribution in [3.05, 3.63) is 48.8 Å². The Kier molecular flexibility index (Phi) is 6.50. The van der Waals surface area contributed by atoms with Crippen LogP contribution in [0.1, 0.15) is 13.3 Å². The molecule has 1 aromatic carbocycles. The minimum atomic E-state index is -0.268. The minimum Gasteiger partial charge on any atom is -0.494 e. The molecule has 0 spiro atoms. The zero-order chi connectivity index (χ0) is 16.5. The largest absolute Gasteiger partial charge is 0.494 e. The Hall–Kier alpha value is -2.47. The number of aromatic nitrogens is 2. The Morgan fingerprint density at radius 3 is 2.61 bits per heavy atom. The zero-order valence-corrected chi connectivity index (χ0v) is 13.5. The molecule has 0 aliphatic rings. The van der Waals surface area contributed by atoms with Crippen molar-refractivity contribution in [3.8, 4) is 5.75 Å². The van der Waals surface area contributed by atoms with E-state index >= 15 is 0 Å². The lowest BCUT2D eigenvalue weighted by Crippen LogP contribution is -2.40. The number of anilines is 1. The highest BCUT2D eigenvalue weighted by Gasteiger charge is 2.18. The second-order valence-electron chi connectivity index (χ2n) is 5.23. The molecule has 1 unspecified atom stereocenters. The molecule has 6 nitrogen and oxygen atoms in total. The van der Waals surface area contributed by atoms with Crippen molar-refractivity contribution in [1.29, 1.82) is 0 Å². The molecule has 1 amide bonds. The van der Waals surface area contributed by atoms with Crippen LogP contribution in [-0.2, 0) is 4.79 Å². The van der Waals surface area contributed by atoms with E-state index in [9.17, 15) is 4.79 Å². The van der Waals surface area contributed by atoms with Gasteiger partial charge >= 0.3 is 0 Å². The predicted molar refractivity (Wildman–Crippen MR) is 89.3 cm³/mol. The first-order valence-electron chi connectivity index (χ1n) is 7.63. The molecule has 0 radical (unpaired) electrons. The molecule has 122 valence electrons. The maximum Gasteiger partial charge on any atom is 0.243 e. The van der Waals surface area contributed by atoms with Crippen LogP contribution in [0.5, 0.6) is 5.75 Å². The number of ether oxygens (including phenoxy) is 1. The predicted octanol–water partition coefficient (Wildman–Crippen LogP) is 2.20. The number of likely N-dealkylation sites (N-methyl/N-ethyl adjacent to an activating group) is 1. The van der Waals surface area contributed by atoms with E-state index in [2.05, 4.69) is 15.3 Å². The first kappa shape index (κ1) is 16.9. The quantitative estimate of drug-likeness (QED) is 0.757. The molecular weight excluding hydrogens is 292 g/mol. The van der Waals surface area contributed by atoms with E-state index in [1.54, 1.807) is 18.5 Å². The summed E-state index contributed by atoms with van der Waals surface area (Å²) in [6, 6.07) is 11.1. The molecule has 0 saturated heterocycles. The van der Waals surface area contributed by atoms with Crippen molar-refractivity contribution in [1.82, 2.24) is 14.9 Å². The second kappa shape index (κ2) is 8.85. The van der Waals surface area contributed by atoms with Gasteiger partial charge in [-0.25, -0.2) is 9.97 Å². The lowest BCUT2D eigenvalue weighted by molar-refractivity contribution is -0.120. The monoisotopic (exact) mass is 314 g/mol. The van der Waals surface area contributed by atoms with E-state index in [4.69, 9.17) is 4.74 Å². The average molecular weight is 314 g/mol. The highest BCUT2D eigenvalue weighted by Crippen LogP contribution is 2.09. The summed E-state index contributed by atoms with van der Waals surface area (Å²) in [4.78, 5) is 22.1. The fourth-order valence-electron chi connectivity index (χ4n) is 1.99. The van der Waals surface area contributed by atoms with Gasteiger partial charge in [0, 0.05) is 18.9 Å². The third-order valence-corrected chi connectivity index (χ3v) is 3.51. The molecule has 0 bridgehead atoms. The van der Waals surface area contributed by atoms with Gasteiger partial charge in [-0.1, -0.05) is 18.2 Å². The Labute approximate surface area is 136 Å². The summed E-state index contributed by atoms with van der Waals surface area (Å²) in [6.45, 7) is 3.23. The number of nitrogens with zero attached hydrogens (tertiary/aromatic N) is 3. The van der Waals surface area contributed by atoms with Crippen LogP contribution >= 0.6 is 0 Å². The number of nitrogens with one attached hydrogen (secondary N) is 1. The Morgan fingerprint density at radius 2 is 1.91 bits per heavy atom. The van der Waals surface area contributed by atoms with Crippen LogP contribution in [0, 0.1) is 0 Å². The van der Waals surface area contributed by atoms with Gasteiger partial charge in [0.25, 0.3) is 0 Å². The van der Waals surface area contributed by atoms with Crippen molar-refractivity contribution >= 4 is 11.9 Å². The fourth-order valence-corrected chi connectivity index (χ4v) is 1.99. The summed E-state index contributed by atoms with van der Waals surface area (Å²) in [5, 5.41) is 2.70. The van der Waals surface area contributed by atoms with Gasteiger partial charge in [-0.15, -0.1) is 0 Å². The van der Waals surface area contributed by atoms with E-state index in [0.717, 1.165) is 18.7 Å². The summed E-state index contributed by atoms with van der Waals surface area (Å²) in [5.74, 6) is 1.06. The van der Waals surface area contributed by atoms with E-state index < -0.39 is 0 Å². The molecule has 1 N–H and O–H groups in total. The van der Waals surface area contributed by atoms with E-state index in [0.29, 0.717) is 12.6 Å². The second-order valence-corrected chi connectivity index (χ2v) is 5.23. The summed E-state index contributed by atoms with van der Waals surface area (Å²) in [5.41, 5.74) is 0. The molecule has 1 aromatic heterocycles. The van der Waals surface area contributed by atoms with Gasteiger partial charge in [0.15, 0.2) is 0 Å². The molecule has 0 fully saturated rings. The third-order valence-electron chi connectivity index (χ3n) is 3.51. The lowest BCUT2D eigenvalue weighted by Gasteiger charge is -2.23. The summed E-state index contributed by atoms with van der Waals surface area (Å²) in [7, 11) is 1.92. The number of hydrogen-bond acceptors (Lipinski definition) is 5. The Balaban J connectivity index is 1.70. The van der Waals surface area contributed by atoms with Crippen LogP contribution in [0.2, 0.25) is 0 Å². The first-order chi connectivity index (χ1) is 11.2. The van der Waals surface area contributed by atoms with E-state index in [1.807, 2.05) is 49.2 Å². The number of amides is 1. The van der Waals surface area contributed by atoms with Crippen molar-refractivity contribution in [2.45, 2.75) is 19.4 Å². The third kappa shape index (κ3) is 5.67. The van der Waals surface area contributed by atoms with Gasteiger partial charge in [-0.3, -0.25) is 15.0 Å². The number of carbonyl (C=O) groups is 1. The number of carbonyl (C=O) groups excluding carboxylic acids is 1. The molecule has 2 rings (SSSR count). The zero-order valence-electron chi connectivity index (χ0n) is 13.5. The highest BCUT2D eigenvalue weighted by atomic mass is 16.5. The maximum atomic E-state index is 12.1. The van der Waals surface area contributed by atoms with Gasteiger partial charge < -0.3 is 4.74 Å². The van der Waals surface area contributed by atoms with Gasteiger partial charge in [0.2, 0.25) is 11.9 Å². The Morgan fingerprint density at radius 1 is 1.22 bits per heavy atom.